The standard InChI is InChI=1S/C22H26N2O6/c1-4-28-10-11-30-21(26)18-14(3)24-17(13-25)20(22(27)29-5-2)19(18)16-9-7-6-8-15(16)12-23/h6-9,19,24-25H,4-5,10-11,13H2,1-3H3. The zero-order chi connectivity index (χ0) is 22.1. The number of allylic oxidation sites excluding steroid dienone is 1. The topological polar surface area (TPSA) is 118 Å². The van der Waals surface area contributed by atoms with Gasteiger partial charge in [-0.3, -0.25) is 0 Å². The third-order valence-corrected chi connectivity index (χ3v) is 4.58. The van der Waals surface area contributed by atoms with E-state index in [4.69, 9.17) is 14.2 Å². The molecule has 0 saturated carbocycles. The summed E-state index contributed by atoms with van der Waals surface area (Å²) in [4.78, 5) is 25.8. The first-order valence-electron chi connectivity index (χ1n) is 9.72. The molecule has 2 rings (SSSR count). The number of nitriles is 1. The van der Waals surface area contributed by atoms with Crippen LogP contribution in [0.1, 0.15) is 37.8 Å². The molecule has 160 valence electrons. The summed E-state index contributed by atoms with van der Waals surface area (Å²) in [5.41, 5.74) is 1.64. The summed E-state index contributed by atoms with van der Waals surface area (Å²) in [6.45, 7) is 5.57. The van der Waals surface area contributed by atoms with E-state index in [1.807, 2.05) is 6.92 Å². The highest BCUT2D eigenvalue weighted by atomic mass is 16.6. The minimum absolute atomic E-state index is 0.0430. The lowest BCUT2D eigenvalue weighted by Gasteiger charge is -2.31. The molecule has 0 radical (unpaired) electrons. The molecule has 2 N–H and O–H groups in total. The lowest BCUT2D eigenvalue weighted by molar-refractivity contribution is -0.141. The molecular formula is C22H26N2O6. The van der Waals surface area contributed by atoms with Crippen molar-refractivity contribution in [1.82, 2.24) is 5.32 Å². The Morgan fingerprint density at radius 2 is 1.80 bits per heavy atom. The summed E-state index contributed by atoms with van der Waals surface area (Å²) in [5, 5.41) is 22.4. The zero-order valence-corrected chi connectivity index (χ0v) is 17.4. The Morgan fingerprint density at radius 3 is 2.43 bits per heavy atom. The van der Waals surface area contributed by atoms with Gasteiger partial charge in [0.25, 0.3) is 0 Å². The molecule has 0 spiro atoms. The predicted octanol–water partition coefficient (Wildman–Crippen LogP) is 1.91. The molecule has 0 amide bonds. The highest BCUT2D eigenvalue weighted by Crippen LogP contribution is 2.40. The largest absolute Gasteiger partial charge is 0.463 e. The molecule has 0 bridgehead atoms. The Balaban J connectivity index is 2.60. The van der Waals surface area contributed by atoms with E-state index >= 15 is 0 Å². The van der Waals surface area contributed by atoms with Crippen molar-refractivity contribution in [3.8, 4) is 6.07 Å². The van der Waals surface area contributed by atoms with E-state index in [9.17, 15) is 20.0 Å². The molecule has 8 heteroatoms. The van der Waals surface area contributed by atoms with Crippen LogP contribution in [-0.2, 0) is 23.8 Å². The van der Waals surface area contributed by atoms with Crippen molar-refractivity contribution in [2.75, 3.05) is 33.0 Å². The number of benzene rings is 1. The van der Waals surface area contributed by atoms with Crippen LogP contribution in [0.3, 0.4) is 0 Å². The highest BCUT2D eigenvalue weighted by molar-refractivity contribution is 6.00. The van der Waals surface area contributed by atoms with Crippen molar-refractivity contribution >= 4 is 11.9 Å². The van der Waals surface area contributed by atoms with Crippen LogP contribution in [0.2, 0.25) is 0 Å². The van der Waals surface area contributed by atoms with E-state index in [1.165, 1.54) is 0 Å². The van der Waals surface area contributed by atoms with Gasteiger partial charge in [0.05, 0.1) is 54.2 Å². The summed E-state index contributed by atoms with van der Waals surface area (Å²) in [5.74, 6) is -2.25. The number of carbonyl (C=O) groups excluding carboxylic acids is 2. The minimum atomic E-state index is -0.928. The fourth-order valence-electron chi connectivity index (χ4n) is 3.32. The van der Waals surface area contributed by atoms with Crippen molar-refractivity contribution in [2.24, 2.45) is 0 Å². The van der Waals surface area contributed by atoms with Crippen LogP contribution < -0.4 is 5.32 Å². The van der Waals surface area contributed by atoms with E-state index in [2.05, 4.69) is 11.4 Å². The molecule has 1 aromatic carbocycles. The first kappa shape index (κ1) is 23.1. The Morgan fingerprint density at radius 1 is 1.10 bits per heavy atom. The molecule has 30 heavy (non-hydrogen) atoms. The van der Waals surface area contributed by atoms with Gasteiger partial charge in [-0.15, -0.1) is 0 Å². The van der Waals surface area contributed by atoms with Crippen LogP contribution >= 0.6 is 0 Å². The SMILES string of the molecule is CCOCCOC(=O)C1=C(C)NC(CO)=C(C(=O)OCC)C1c1ccccc1C#N. The average molecular weight is 414 g/mol. The van der Waals surface area contributed by atoms with Crippen LogP contribution in [0.4, 0.5) is 0 Å². The second-order valence-electron chi connectivity index (χ2n) is 6.40. The number of carbonyl (C=O) groups is 2. The number of hydrogen-bond donors (Lipinski definition) is 2. The number of aliphatic hydroxyl groups excluding tert-OH is 1. The molecule has 1 unspecified atom stereocenters. The van der Waals surface area contributed by atoms with E-state index in [0.717, 1.165) is 0 Å². The monoisotopic (exact) mass is 414 g/mol. The molecule has 0 saturated heterocycles. The number of ether oxygens (including phenoxy) is 3. The lowest BCUT2D eigenvalue weighted by atomic mass is 9.78. The third kappa shape index (κ3) is 5.06. The molecule has 1 atom stereocenters. The van der Waals surface area contributed by atoms with Crippen LogP contribution in [0.5, 0.6) is 0 Å². The molecule has 0 aromatic heterocycles. The van der Waals surface area contributed by atoms with Gasteiger partial charge < -0.3 is 24.6 Å². The molecule has 0 aliphatic carbocycles. The highest BCUT2D eigenvalue weighted by Gasteiger charge is 2.39. The molecule has 1 heterocycles. The van der Waals surface area contributed by atoms with E-state index in [-0.39, 0.29) is 36.7 Å². The Hall–Kier alpha value is -3.15. The maximum atomic E-state index is 13.0. The molecule has 1 aliphatic rings. The summed E-state index contributed by atoms with van der Waals surface area (Å²) in [7, 11) is 0. The van der Waals surface area contributed by atoms with E-state index < -0.39 is 24.5 Å². The first-order chi connectivity index (χ1) is 14.5. The summed E-state index contributed by atoms with van der Waals surface area (Å²) in [6, 6.07) is 8.78. The zero-order valence-electron chi connectivity index (χ0n) is 17.4. The number of rotatable bonds is 9. The average Bonchev–Trinajstić information content (AvgIpc) is 2.75. The fraction of sp³-hybridized carbons (Fsp3) is 0.409. The van der Waals surface area contributed by atoms with Gasteiger partial charge in [-0.05, 0) is 32.4 Å². The van der Waals surface area contributed by atoms with Crippen LogP contribution in [-0.4, -0.2) is 50.1 Å². The lowest BCUT2D eigenvalue weighted by Crippen LogP contribution is -2.35. The number of esters is 2. The van der Waals surface area contributed by atoms with Gasteiger partial charge in [0.2, 0.25) is 0 Å². The molecule has 1 aromatic rings. The minimum Gasteiger partial charge on any atom is -0.463 e. The van der Waals surface area contributed by atoms with Crippen molar-refractivity contribution in [3.63, 3.8) is 0 Å². The summed E-state index contributed by atoms with van der Waals surface area (Å²) < 4.78 is 15.7. The second kappa shape index (κ2) is 11.1. The van der Waals surface area contributed by atoms with Gasteiger partial charge in [0.15, 0.2) is 0 Å². The van der Waals surface area contributed by atoms with Gasteiger partial charge >= 0.3 is 11.9 Å². The van der Waals surface area contributed by atoms with E-state index in [1.54, 1.807) is 38.1 Å². The first-order valence-corrected chi connectivity index (χ1v) is 9.72. The quantitative estimate of drug-likeness (QED) is 0.465. The van der Waals surface area contributed by atoms with Gasteiger partial charge in [0, 0.05) is 12.3 Å². The van der Waals surface area contributed by atoms with Crippen LogP contribution in [0.15, 0.2) is 46.8 Å². The third-order valence-electron chi connectivity index (χ3n) is 4.58. The van der Waals surface area contributed by atoms with Crippen LogP contribution in [0.25, 0.3) is 0 Å². The number of dihydropyridines is 1. The van der Waals surface area contributed by atoms with Gasteiger partial charge in [0.1, 0.15) is 6.61 Å². The number of aliphatic hydroxyl groups is 1. The predicted molar refractivity (Wildman–Crippen MR) is 108 cm³/mol. The Bertz CT molecular complexity index is 897. The Labute approximate surface area is 175 Å². The molecule has 1 aliphatic heterocycles. The molecular weight excluding hydrogens is 388 g/mol. The van der Waals surface area contributed by atoms with Gasteiger partial charge in [-0.25, -0.2) is 9.59 Å². The maximum absolute atomic E-state index is 13.0. The van der Waals surface area contributed by atoms with Crippen molar-refractivity contribution in [3.05, 3.63) is 57.9 Å². The van der Waals surface area contributed by atoms with Crippen molar-refractivity contribution in [1.29, 1.82) is 5.26 Å². The normalized spacial score (nSPS) is 16.0. The maximum Gasteiger partial charge on any atom is 0.336 e. The Kier molecular flexibility index (Phi) is 8.59. The van der Waals surface area contributed by atoms with Crippen molar-refractivity contribution < 1.29 is 28.9 Å². The number of nitrogens with one attached hydrogen (secondary N) is 1. The molecule has 8 nitrogen and oxygen atoms in total. The smallest absolute Gasteiger partial charge is 0.336 e. The summed E-state index contributed by atoms with van der Waals surface area (Å²) in [6.07, 6.45) is 0. The summed E-state index contributed by atoms with van der Waals surface area (Å²) >= 11 is 0. The second-order valence-corrected chi connectivity index (χ2v) is 6.40. The van der Waals surface area contributed by atoms with Gasteiger partial charge in [-0.1, -0.05) is 18.2 Å². The molecule has 0 fully saturated rings. The fourth-order valence-corrected chi connectivity index (χ4v) is 3.32. The number of hydrogen-bond acceptors (Lipinski definition) is 8. The number of nitrogens with zero attached hydrogens (tertiary/aromatic N) is 1. The van der Waals surface area contributed by atoms with Gasteiger partial charge in [-0.2, -0.15) is 5.26 Å². The van der Waals surface area contributed by atoms with E-state index in [0.29, 0.717) is 23.4 Å². The van der Waals surface area contributed by atoms with Crippen LogP contribution in [0, 0.1) is 11.3 Å². The van der Waals surface area contributed by atoms with Crippen molar-refractivity contribution in [2.45, 2.75) is 26.7 Å².